The largest absolute Gasteiger partial charge is 0.489 e. The third-order valence-corrected chi connectivity index (χ3v) is 7.29. The summed E-state index contributed by atoms with van der Waals surface area (Å²) in [6, 6.07) is 23.8. The molecule has 0 fully saturated rings. The van der Waals surface area contributed by atoms with Crippen LogP contribution in [-0.2, 0) is 33.8 Å². The van der Waals surface area contributed by atoms with Crippen LogP contribution in [0.2, 0.25) is 0 Å². The van der Waals surface area contributed by atoms with Gasteiger partial charge >= 0.3 is 11.9 Å². The predicted molar refractivity (Wildman–Crippen MR) is 159 cm³/mol. The fraction of sp³-hybridized carbons (Fsp3) is 0.312. The first kappa shape index (κ1) is 29.9. The number of aromatic nitrogens is 2. The number of carbonyl (C=O) groups is 2. The van der Waals surface area contributed by atoms with Crippen LogP contribution in [0.15, 0.2) is 78.2 Å². The van der Waals surface area contributed by atoms with Gasteiger partial charge in [0.05, 0.1) is 19.8 Å². The molecule has 0 atom stereocenters. The van der Waals surface area contributed by atoms with Crippen LogP contribution in [-0.4, -0.2) is 53.7 Å². The number of esters is 2. The molecule has 0 unspecified atom stereocenters. The van der Waals surface area contributed by atoms with Gasteiger partial charge in [0.1, 0.15) is 18.1 Å². The van der Waals surface area contributed by atoms with E-state index in [0.717, 1.165) is 72.6 Å². The Kier molecular flexibility index (Phi) is 11.4. The second-order valence-corrected chi connectivity index (χ2v) is 10.2. The first-order valence-electron chi connectivity index (χ1n) is 13.6. The smallest absolute Gasteiger partial charge is 0.337 e. The average molecular weight is 574 g/mol. The van der Waals surface area contributed by atoms with E-state index in [-0.39, 0.29) is 11.9 Å². The molecule has 0 saturated heterocycles. The molecule has 0 aliphatic heterocycles. The molecule has 0 saturated carbocycles. The van der Waals surface area contributed by atoms with E-state index in [0.29, 0.717) is 18.6 Å². The van der Waals surface area contributed by atoms with Gasteiger partial charge in [0, 0.05) is 30.5 Å². The van der Waals surface area contributed by atoms with E-state index in [4.69, 9.17) is 14.2 Å². The third-order valence-electron chi connectivity index (χ3n) is 6.79. The van der Waals surface area contributed by atoms with E-state index < -0.39 is 0 Å². The molecule has 0 bridgehead atoms. The van der Waals surface area contributed by atoms with Crippen molar-refractivity contribution < 1.29 is 23.8 Å². The molecular weight excluding hydrogens is 538 g/mol. The van der Waals surface area contributed by atoms with Crippen LogP contribution in [0.5, 0.6) is 5.75 Å². The summed E-state index contributed by atoms with van der Waals surface area (Å²) >= 11 is 1.34. The number of benzene rings is 3. The normalized spacial score (nSPS) is 10.9. The molecule has 3 aromatic carbocycles. The number of unbranched alkanes of at least 4 members (excludes halogenated alkanes) is 1. The minimum Gasteiger partial charge on any atom is -0.489 e. The van der Waals surface area contributed by atoms with Crippen molar-refractivity contribution in [3.8, 4) is 17.0 Å². The van der Waals surface area contributed by atoms with Gasteiger partial charge in [0.15, 0.2) is 0 Å². The maximum atomic E-state index is 11.8. The number of hydrogen-bond acceptors (Lipinski definition) is 9. The summed E-state index contributed by atoms with van der Waals surface area (Å²) in [6.07, 6.45) is 2.86. The van der Waals surface area contributed by atoms with Gasteiger partial charge < -0.3 is 14.2 Å². The maximum absolute atomic E-state index is 11.8. The highest BCUT2D eigenvalue weighted by Gasteiger charge is 2.12. The summed E-state index contributed by atoms with van der Waals surface area (Å²) < 4.78 is 19.8. The molecule has 9 heteroatoms. The molecule has 1 heterocycles. The van der Waals surface area contributed by atoms with Gasteiger partial charge in [-0.05, 0) is 72.2 Å². The van der Waals surface area contributed by atoms with Gasteiger partial charge in [0.25, 0.3) is 0 Å². The van der Waals surface area contributed by atoms with Crippen molar-refractivity contribution >= 4 is 23.5 Å². The molecule has 4 rings (SSSR count). The minimum atomic E-state index is -0.347. The first-order valence-corrected chi connectivity index (χ1v) is 14.4. The predicted octanol–water partition coefficient (Wildman–Crippen LogP) is 5.96. The molecular formula is C32H35N3O5S. The van der Waals surface area contributed by atoms with E-state index in [9.17, 15) is 9.59 Å². The highest BCUT2D eigenvalue weighted by molar-refractivity contribution is 7.03. The van der Waals surface area contributed by atoms with Crippen molar-refractivity contribution in [3.05, 3.63) is 100 Å². The van der Waals surface area contributed by atoms with Crippen LogP contribution < -0.4 is 4.74 Å². The Morgan fingerprint density at radius 1 is 0.854 bits per heavy atom. The Morgan fingerprint density at radius 2 is 1.61 bits per heavy atom. The Morgan fingerprint density at radius 3 is 2.32 bits per heavy atom. The van der Waals surface area contributed by atoms with Crippen LogP contribution >= 0.6 is 11.5 Å². The number of hydrogen-bond donors (Lipinski definition) is 0. The number of carbonyl (C=O) groups excluding carboxylic acids is 2. The van der Waals surface area contributed by atoms with Crippen LogP contribution in [0, 0.1) is 0 Å². The van der Waals surface area contributed by atoms with Crippen molar-refractivity contribution in [1.82, 2.24) is 14.5 Å². The fourth-order valence-corrected chi connectivity index (χ4v) is 4.92. The van der Waals surface area contributed by atoms with Crippen molar-refractivity contribution in [3.63, 3.8) is 0 Å². The average Bonchev–Trinajstić information content (AvgIpc) is 3.56. The number of nitrogens with zero attached hydrogens (tertiary/aromatic N) is 3. The van der Waals surface area contributed by atoms with Crippen molar-refractivity contribution in [2.75, 3.05) is 27.3 Å². The number of methoxy groups -OCH3 is 2. The van der Waals surface area contributed by atoms with Crippen LogP contribution in [0.3, 0.4) is 0 Å². The molecule has 214 valence electrons. The monoisotopic (exact) mass is 573 g/mol. The van der Waals surface area contributed by atoms with E-state index in [1.165, 1.54) is 25.8 Å². The van der Waals surface area contributed by atoms with Gasteiger partial charge in [-0.2, -0.15) is 0 Å². The van der Waals surface area contributed by atoms with Crippen molar-refractivity contribution in [2.24, 2.45) is 0 Å². The number of rotatable bonds is 15. The van der Waals surface area contributed by atoms with E-state index in [1.807, 2.05) is 47.8 Å². The minimum absolute atomic E-state index is 0.184. The zero-order valence-electron chi connectivity index (χ0n) is 23.5. The fourth-order valence-electron chi connectivity index (χ4n) is 4.45. The van der Waals surface area contributed by atoms with Gasteiger partial charge in [-0.3, -0.25) is 9.69 Å². The van der Waals surface area contributed by atoms with E-state index >= 15 is 0 Å². The van der Waals surface area contributed by atoms with Crippen LogP contribution in [0.25, 0.3) is 11.3 Å². The highest BCUT2D eigenvalue weighted by Crippen LogP contribution is 2.23. The third kappa shape index (κ3) is 9.23. The zero-order valence-corrected chi connectivity index (χ0v) is 24.3. The van der Waals surface area contributed by atoms with Crippen molar-refractivity contribution in [1.29, 1.82) is 0 Å². The Balaban J connectivity index is 1.37. The molecule has 8 nitrogen and oxygen atoms in total. The van der Waals surface area contributed by atoms with Gasteiger partial charge in [0.2, 0.25) is 0 Å². The SMILES string of the molecule is COC(=O)CCCCN(CCc1ccccc1OCc1ccc(-c2csnn2)cc1)Cc1ccc(C(=O)OC)cc1. The van der Waals surface area contributed by atoms with Gasteiger partial charge in [-0.25, -0.2) is 4.79 Å². The molecule has 0 aliphatic rings. The zero-order chi connectivity index (χ0) is 28.9. The van der Waals surface area contributed by atoms with Crippen LogP contribution in [0.4, 0.5) is 0 Å². The molecule has 0 radical (unpaired) electrons. The molecule has 0 N–H and O–H groups in total. The van der Waals surface area contributed by atoms with Gasteiger partial charge in [-0.1, -0.05) is 59.1 Å². The van der Waals surface area contributed by atoms with E-state index in [1.54, 1.807) is 12.1 Å². The Labute approximate surface area is 245 Å². The molecule has 0 spiro atoms. The lowest BCUT2D eigenvalue weighted by Gasteiger charge is -2.23. The standard InChI is InChI=1S/C32H35N3O5S/c1-38-31(36)9-5-6-19-35(21-24-10-16-28(17-11-24)32(37)39-2)20-18-27-7-3-4-8-30(27)40-22-25-12-14-26(15-13-25)29-23-41-34-33-29/h3-4,7-8,10-17,23H,5-6,9,18-22H2,1-2H3. The lowest BCUT2D eigenvalue weighted by Crippen LogP contribution is -2.27. The molecule has 1 aromatic heterocycles. The lowest BCUT2D eigenvalue weighted by atomic mass is 10.1. The lowest BCUT2D eigenvalue weighted by molar-refractivity contribution is -0.140. The van der Waals surface area contributed by atoms with Crippen LogP contribution in [0.1, 0.15) is 46.3 Å². The summed E-state index contributed by atoms with van der Waals surface area (Å²) in [5, 5.41) is 6.06. The van der Waals surface area contributed by atoms with Crippen molar-refractivity contribution in [2.45, 2.75) is 38.8 Å². The molecule has 0 amide bonds. The summed E-state index contributed by atoms with van der Waals surface area (Å²) in [5.74, 6) is 0.338. The Bertz CT molecular complexity index is 1380. The summed E-state index contributed by atoms with van der Waals surface area (Å²) in [5.41, 5.74) is 5.76. The topological polar surface area (TPSA) is 90.9 Å². The summed E-state index contributed by atoms with van der Waals surface area (Å²) in [4.78, 5) is 25.7. The molecule has 4 aromatic rings. The van der Waals surface area contributed by atoms with E-state index in [2.05, 4.69) is 32.7 Å². The first-order chi connectivity index (χ1) is 20.1. The number of para-hydroxylation sites is 1. The summed E-state index contributed by atoms with van der Waals surface area (Å²) in [7, 11) is 2.80. The quantitative estimate of drug-likeness (QED) is 0.127. The summed E-state index contributed by atoms with van der Waals surface area (Å²) in [6.45, 7) is 2.84. The van der Waals surface area contributed by atoms with Gasteiger partial charge in [-0.15, -0.1) is 5.10 Å². The second-order valence-electron chi connectivity index (χ2n) is 9.63. The second kappa shape index (κ2) is 15.6. The molecule has 41 heavy (non-hydrogen) atoms. The highest BCUT2D eigenvalue weighted by atomic mass is 32.1. The maximum Gasteiger partial charge on any atom is 0.337 e. The molecule has 0 aliphatic carbocycles. The Hall–Kier alpha value is -4.08. The number of ether oxygens (including phenoxy) is 3.